The van der Waals surface area contributed by atoms with E-state index < -0.39 is 6.29 Å². The van der Waals surface area contributed by atoms with E-state index in [1.807, 2.05) is 60.7 Å². The first-order valence-electron chi connectivity index (χ1n) is 12.8. The molecule has 1 fully saturated rings. The third-order valence-corrected chi connectivity index (χ3v) is 7.88. The molecule has 37 heavy (non-hydrogen) atoms. The van der Waals surface area contributed by atoms with E-state index in [1.54, 1.807) is 6.20 Å². The molecule has 0 radical (unpaired) electrons. The van der Waals surface area contributed by atoms with Crippen LogP contribution < -0.4 is 0 Å². The van der Waals surface area contributed by atoms with Crippen molar-refractivity contribution in [1.82, 2.24) is 9.88 Å². The van der Waals surface area contributed by atoms with Crippen molar-refractivity contribution in [2.75, 3.05) is 7.11 Å². The predicted molar refractivity (Wildman–Crippen MR) is 148 cm³/mol. The number of aryl methyl sites for hydroxylation is 1. The zero-order valence-electron chi connectivity index (χ0n) is 21.3. The van der Waals surface area contributed by atoms with Crippen molar-refractivity contribution in [2.24, 2.45) is 5.92 Å². The summed E-state index contributed by atoms with van der Waals surface area (Å²) < 4.78 is 5.15. The lowest BCUT2D eigenvalue weighted by atomic mass is 9.74. The molecule has 1 saturated heterocycles. The number of aliphatic hydroxyl groups is 1. The van der Waals surface area contributed by atoms with Crippen LogP contribution in [0.2, 0.25) is 10.0 Å². The fourth-order valence-electron chi connectivity index (χ4n) is 5.53. The number of hydrogen-bond acceptors (Lipinski definition) is 4. The molecule has 196 valence electrons. The molecule has 7 heteroatoms. The van der Waals surface area contributed by atoms with Gasteiger partial charge in [0.05, 0.1) is 6.04 Å². The summed E-state index contributed by atoms with van der Waals surface area (Å²) in [6, 6.07) is 21.4. The van der Waals surface area contributed by atoms with Gasteiger partial charge in [0.1, 0.15) is 0 Å². The molecule has 2 aromatic carbocycles. The second kappa shape index (κ2) is 12.9. The SMILES string of the molecule is CCC(CCc1ccccn1)N1C(=O)C(CC(O)OC)CC(c2cccc(Cl)c2)C1c1ccc(Cl)cc1. The third-order valence-electron chi connectivity index (χ3n) is 7.39. The van der Waals surface area contributed by atoms with Gasteiger partial charge >= 0.3 is 0 Å². The zero-order chi connectivity index (χ0) is 26.4. The smallest absolute Gasteiger partial charge is 0.226 e. The highest BCUT2D eigenvalue weighted by atomic mass is 35.5. The number of nitrogens with zero attached hydrogens (tertiary/aromatic N) is 2. The van der Waals surface area contributed by atoms with Crippen molar-refractivity contribution in [3.63, 3.8) is 0 Å². The number of methoxy groups -OCH3 is 1. The molecule has 5 atom stereocenters. The number of benzene rings is 2. The second-order valence-electron chi connectivity index (χ2n) is 9.68. The Hall–Kier alpha value is -2.44. The molecular formula is C30H34Cl2N2O3. The van der Waals surface area contributed by atoms with Crippen LogP contribution in [0.4, 0.5) is 0 Å². The van der Waals surface area contributed by atoms with Crippen molar-refractivity contribution in [2.45, 2.75) is 63.3 Å². The number of rotatable bonds is 10. The molecule has 1 aliphatic heterocycles. The minimum Gasteiger partial charge on any atom is -0.368 e. The van der Waals surface area contributed by atoms with E-state index in [0.717, 1.165) is 36.1 Å². The highest BCUT2D eigenvalue weighted by Crippen LogP contribution is 2.48. The Morgan fingerprint density at radius 2 is 1.84 bits per heavy atom. The monoisotopic (exact) mass is 540 g/mol. The molecule has 1 aliphatic rings. The van der Waals surface area contributed by atoms with Gasteiger partial charge in [-0.05, 0) is 73.2 Å². The van der Waals surface area contributed by atoms with Crippen molar-refractivity contribution in [1.29, 1.82) is 0 Å². The van der Waals surface area contributed by atoms with Crippen molar-refractivity contribution < 1.29 is 14.6 Å². The maximum atomic E-state index is 14.2. The van der Waals surface area contributed by atoms with Crippen LogP contribution in [-0.4, -0.2) is 40.3 Å². The Balaban J connectivity index is 1.78. The van der Waals surface area contributed by atoms with Crippen LogP contribution in [-0.2, 0) is 16.0 Å². The van der Waals surface area contributed by atoms with Crippen molar-refractivity contribution in [3.05, 3.63) is 99.8 Å². The van der Waals surface area contributed by atoms with Crippen LogP contribution in [0.5, 0.6) is 0 Å². The highest BCUT2D eigenvalue weighted by molar-refractivity contribution is 6.30. The number of aromatic nitrogens is 1. The Morgan fingerprint density at radius 3 is 2.49 bits per heavy atom. The lowest BCUT2D eigenvalue weighted by Crippen LogP contribution is -2.52. The van der Waals surface area contributed by atoms with Gasteiger partial charge in [0.25, 0.3) is 0 Å². The van der Waals surface area contributed by atoms with Gasteiger partial charge < -0.3 is 14.7 Å². The Kier molecular flexibility index (Phi) is 9.60. The lowest BCUT2D eigenvalue weighted by molar-refractivity contribution is -0.154. The van der Waals surface area contributed by atoms with Crippen LogP contribution in [0.1, 0.15) is 61.4 Å². The summed E-state index contributed by atoms with van der Waals surface area (Å²) in [5.41, 5.74) is 3.11. The number of halogens is 2. The number of pyridine rings is 1. The van der Waals surface area contributed by atoms with Gasteiger partial charge in [-0.3, -0.25) is 9.78 Å². The number of carbonyl (C=O) groups excluding carboxylic acids is 1. The normalized spacial score (nSPS) is 21.6. The molecule has 3 aromatic rings. The number of amides is 1. The van der Waals surface area contributed by atoms with Gasteiger partial charge in [-0.1, -0.05) is 60.5 Å². The van der Waals surface area contributed by atoms with Crippen LogP contribution >= 0.6 is 23.2 Å². The number of carbonyl (C=O) groups is 1. The average Bonchev–Trinajstić information content (AvgIpc) is 2.91. The molecule has 0 bridgehead atoms. The molecule has 1 aromatic heterocycles. The van der Waals surface area contributed by atoms with Crippen LogP contribution in [0.3, 0.4) is 0 Å². The van der Waals surface area contributed by atoms with E-state index in [2.05, 4.69) is 22.9 Å². The van der Waals surface area contributed by atoms with E-state index >= 15 is 0 Å². The molecule has 5 unspecified atom stereocenters. The first-order chi connectivity index (χ1) is 17.9. The van der Waals surface area contributed by atoms with Crippen molar-refractivity contribution in [3.8, 4) is 0 Å². The lowest BCUT2D eigenvalue weighted by Gasteiger charge is -2.49. The van der Waals surface area contributed by atoms with Crippen molar-refractivity contribution >= 4 is 29.1 Å². The average molecular weight is 542 g/mol. The Labute approximate surface area is 229 Å². The molecular weight excluding hydrogens is 507 g/mol. The minimum absolute atomic E-state index is 0.0145. The number of piperidine rings is 1. The van der Waals surface area contributed by atoms with E-state index in [1.165, 1.54) is 7.11 Å². The van der Waals surface area contributed by atoms with Gasteiger partial charge in [-0.15, -0.1) is 0 Å². The molecule has 0 saturated carbocycles. The maximum Gasteiger partial charge on any atom is 0.226 e. The zero-order valence-corrected chi connectivity index (χ0v) is 22.8. The molecule has 0 aliphatic carbocycles. The van der Waals surface area contributed by atoms with Gasteiger partial charge in [0, 0.05) is 53.3 Å². The predicted octanol–water partition coefficient (Wildman–Crippen LogP) is 6.83. The number of hydrogen-bond donors (Lipinski definition) is 1. The number of likely N-dealkylation sites (tertiary alicyclic amines) is 1. The number of ether oxygens (including phenoxy) is 1. The van der Waals surface area contributed by atoms with E-state index in [9.17, 15) is 9.90 Å². The van der Waals surface area contributed by atoms with Gasteiger partial charge in [0.15, 0.2) is 6.29 Å². The minimum atomic E-state index is -1.00. The van der Waals surface area contributed by atoms with E-state index in [-0.39, 0.29) is 36.2 Å². The summed E-state index contributed by atoms with van der Waals surface area (Å²) in [5.74, 6) is -0.357. The molecule has 5 nitrogen and oxygen atoms in total. The quantitative estimate of drug-likeness (QED) is 0.286. The second-order valence-corrected chi connectivity index (χ2v) is 10.6. The summed E-state index contributed by atoms with van der Waals surface area (Å²) in [6.07, 6.45) is 3.97. The summed E-state index contributed by atoms with van der Waals surface area (Å²) in [4.78, 5) is 20.7. The standard InChI is InChI=1S/C30H34Cl2N2O3/c1-3-26(15-14-25-9-4-5-16-33-25)34-29(20-10-12-23(31)13-11-20)27(21-7-6-8-24(32)17-21)18-22(30(34)36)19-28(35)37-2/h4-13,16-17,22,26-29,35H,3,14-15,18-19H2,1-2H3. The van der Waals surface area contributed by atoms with Gasteiger partial charge in [0.2, 0.25) is 5.91 Å². The fraction of sp³-hybridized carbons (Fsp3) is 0.400. The summed E-state index contributed by atoms with van der Waals surface area (Å²) >= 11 is 12.7. The topological polar surface area (TPSA) is 62.7 Å². The molecule has 2 heterocycles. The van der Waals surface area contributed by atoms with Crippen LogP contribution in [0.15, 0.2) is 72.9 Å². The summed E-state index contributed by atoms with van der Waals surface area (Å²) in [5, 5.41) is 11.7. The Bertz CT molecular complexity index is 1160. The Morgan fingerprint density at radius 1 is 1.05 bits per heavy atom. The largest absolute Gasteiger partial charge is 0.368 e. The van der Waals surface area contributed by atoms with Gasteiger partial charge in [-0.25, -0.2) is 0 Å². The summed E-state index contributed by atoms with van der Waals surface area (Å²) in [6.45, 7) is 2.12. The first-order valence-corrected chi connectivity index (χ1v) is 13.6. The van der Waals surface area contributed by atoms with Gasteiger partial charge in [-0.2, -0.15) is 0 Å². The van der Waals surface area contributed by atoms with Crippen LogP contribution in [0, 0.1) is 5.92 Å². The molecule has 4 rings (SSSR count). The molecule has 0 spiro atoms. The third kappa shape index (κ3) is 6.71. The maximum absolute atomic E-state index is 14.2. The fourth-order valence-corrected chi connectivity index (χ4v) is 5.86. The first kappa shape index (κ1) is 27.6. The molecule has 1 N–H and O–H groups in total. The van der Waals surface area contributed by atoms with E-state index in [0.29, 0.717) is 16.5 Å². The highest BCUT2D eigenvalue weighted by Gasteiger charge is 2.45. The summed E-state index contributed by atoms with van der Waals surface area (Å²) in [7, 11) is 1.46. The van der Waals surface area contributed by atoms with E-state index in [4.69, 9.17) is 27.9 Å². The van der Waals surface area contributed by atoms with Crippen LogP contribution in [0.25, 0.3) is 0 Å². The number of aliphatic hydroxyl groups excluding tert-OH is 1. The molecule has 1 amide bonds.